The van der Waals surface area contributed by atoms with Crippen LogP contribution in [0, 0.1) is 0 Å². The van der Waals surface area contributed by atoms with E-state index in [2.05, 4.69) is 25.3 Å². The van der Waals surface area contributed by atoms with E-state index < -0.39 is 5.25 Å². The normalized spacial score (nSPS) is 12.1. The number of aromatic nitrogens is 4. The van der Waals surface area contributed by atoms with E-state index in [4.69, 9.17) is 0 Å². The van der Waals surface area contributed by atoms with E-state index in [1.165, 1.54) is 13.3 Å². The number of benzene rings is 1. The summed E-state index contributed by atoms with van der Waals surface area (Å²) in [5, 5.41) is 2.59. The van der Waals surface area contributed by atoms with E-state index in [1.807, 2.05) is 0 Å². The summed E-state index contributed by atoms with van der Waals surface area (Å²) in [5.41, 5.74) is 1.43. The number of rotatable bonds is 5. The molecule has 0 radical (unpaired) electrons. The summed E-state index contributed by atoms with van der Waals surface area (Å²) in [4.78, 5) is 48.9. The molecule has 1 amide bonds. The zero-order valence-electron chi connectivity index (χ0n) is 13.5. The first-order chi connectivity index (χ1) is 11.9. The molecule has 0 aliphatic carbocycles. The highest BCUT2D eigenvalue weighted by Crippen LogP contribution is 2.21. The van der Waals surface area contributed by atoms with Gasteiger partial charge in [0.2, 0.25) is 5.91 Å². The summed E-state index contributed by atoms with van der Waals surface area (Å²) in [6.07, 6.45) is 1.39. The SMILES string of the molecule is CC(=O)c1ccc(NC(=O)C(C)Sc2nc3nc[nH]c3c(=O)[nH]2)cc1. The van der Waals surface area contributed by atoms with Crippen molar-refractivity contribution >= 4 is 40.3 Å². The lowest BCUT2D eigenvalue weighted by molar-refractivity contribution is -0.115. The van der Waals surface area contributed by atoms with Crippen LogP contribution in [-0.4, -0.2) is 36.9 Å². The van der Waals surface area contributed by atoms with E-state index in [0.717, 1.165) is 11.8 Å². The summed E-state index contributed by atoms with van der Waals surface area (Å²) in [6, 6.07) is 6.64. The molecule has 9 heteroatoms. The Bertz CT molecular complexity index is 993. The molecule has 25 heavy (non-hydrogen) atoms. The first-order valence-electron chi connectivity index (χ1n) is 7.46. The smallest absolute Gasteiger partial charge is 0.277 e. The van der Waals surface area contributed by atoms with Gasteiger partial charge in [-0.25, -0.2) is 9.97 Å². The van der Waals surface area contributed by atoms with Gasteiger partial charge in [0.05, 0.1) is 11.6 Å². The molecule has 0 aliphatic rings. The topological polar surface area (TPSA) is 121 Å². The molecule has 0 fully saturated rings. The van der Waals surface area contributed by atoms with Gasteiger partial charge in [0.1, 0.15) is 0 Å². The third-order valence-corrected chi connectivity index (χ3v) is 4.48. The highest BCUT2D eigenvalue weighted by molar-refractivity contribution is 8.00. The summed E-state index contributed by atoms with van der Waals surface area (Å²) in [7, 11) is 0. The Hall–Kier alpha value is -2.94. The number of nitrogens with one attached hydrogen (secondary N) is 3. The van der Waals surface area contributed by atoms with Gasteiger partial charge in [-0.05, 0) is 38.1 Å². The van der Waals surface area contributed by atoms with Crippen LogP contribution in [0.15, 0.2) is 40.5 Å². The van der Waals surface area contributed by atoms with Gasteiger partial charge in [0, 0.05) is 11.3 Å². The van der Waals surface area contributed by atoms with Crippen molar-refractivity contribution in [3.63, 3.8) is 0 Å². The number of anilines is 1. The first kappa shape index (κ1) is 16.9. The standard InChI is InChI=1S/C16H15N5O3S/c1-8(22)10-3-5-11(6-4-10)19-14(23)9(2)25-16-20-13-12(15(24)21-16)17-7-18-13/h3-7,9H,1-2H3,(H,19,23)(H2,17,18,20,21,24). The summed E-state index contributed by atoms with van der Waals surface area (Å²) < 4.78 is 0. The molecule has 8 nitrogen and oxygen atoms in total. The maximum atomic E-state index is 12.3. The molecule has 3 aromatic rings. The number of ketones is 1. The van der Waals surface area contributed by atoms with Crippen LogP contribution >= 0.6 is 11.8 Å². The van der Waals surface area contributed by atoms with E-state index in [-0.39, 0.29) is 17.2 Å². The monoisotopic (exact) mass is 357 g/mol. The second kappa shape index (κ2) is 6.89. The third-order valence-electron chi connectivity index (χ3n) is 3.49. The summed E-state index contributed by atoms with van der Waals surface area (Å²) in [6.45, 7) is 3.19. The number of H-pyrrole nitrogens is 2. The van der Waals surface area contributed by atoms with E-state index >= 15 is 0 Å². The second-order valence-corrected chi connectivity index (χ2v) is 6.68. The van der Waals surface area contributed by atoms with Crippen molar-refractivity contribution in [3.05, 3.63) is 46.5 Å². The molecule has 0 bridgehead atoms. The molecule has 3 rings (SSSR count). The fraction of sp³-hybridized carbons (Fsp3) is 0.188. The van der Waals surface area contributed by atoms with Crippen LogP contribution in [0.3, 0.4) is 0 Å². The Labute approximate surface area is 146 Å². The molecule has 128 valence electrons. The average Bonchev–Trinajstić information content (AvgIpc) is 3.04. The molecule has 0 saturated carbocycles. The average molecular weight is 357 g/mol. The molecule has 1 aromatic carbocycles. The van der Waals surface area contributed by atoms with Gasteiger partial charge in [-0.2, -0.15) is 0 Å². The van der Waals surface area contributed by atoms with Gasteiger partial charge < -0.3 is 10.3 Å². The van der Waals surface area contributed by atoms with Crippen LogP contribution in [0.5, 0.6) is 0 Å². The second-order valence-electron chi connectivity index (χ2n) is 5.36. The van der Waals surface area contributed by atoms with Crippen LogP contribution in [-0.2, 0) is 4.79 Å². The molecule has 3 N–H and O–H groups in total. The fourth-order valence-corrected chi connectivity index (χ4v) is 2.92. The summed E-state index contributed by atoms with van der Waals surface area (Å²) in [5.74, 6) is -0.282. The van der Waals surface area contributed by atoms with Crippen molar-refractivity contribution in [2.45, 2.75) is 24.3 Å². The van der Waals surface area contributed by atoms with Crippen molar-refractivity contribution in [1.29, 1.82) is 0 Å². The van der Waals surface area contributed by atoms with Gasteiger partial charge in [-0.1, -0.05) is 11.8 Å². The number of amides is 1. The minimum atomic E-state index is -0.493. The molecule has 1 unspecified atom stereocenters. The van der Waals surface area contributed by atoms with Crippen molar-refractivity contribution in [1.82, 2.24) is 19.9 Å². The van der Waals surface area contributed by atoms with E-state index in [1.54, 1.807) is 31.2 Å². The summed E-state index contributed by atoms with van der Waals surface area (Å²) >= 11 is 1.12. The van der Waals surface area contributed by atoms with Gasteiger partial charge in [0.15, 0.2) is 22.1 Å². The zero-order chi connectivity index (χ0) is 18.0. The van der Waals surface area contributed by atoms with E-state index in [9.17, 15) is 14.4 Å². The Morgan fingerprint density at radius 3 is 2.64 bits per heavy atom. The number of carbonyl (C=O) groups excluding carboxylic acids is 2. The van der Waals surface area contributed by atoms with Gasteiger partial charge in [-0.15, -0.1) is 0 Å². The van der Waals surface area contributed by atoms with Gasteiger partial charge >= 0.3 is 0 Å². The number of hydrogen-bond donors (Lipinski definition) is 3. The van der Waals surface area contributed by atoms with Crippen molar-refractivity contribution in [3.8, 4) is 0 Å². The maximum absolute atomic E-state index is 12.3. The fourth-order valence-electron chi connectivity index (χ4n) is 2.13. The quantitative estimate of drug-likeness (QED) is 0.365. The van der Waals surface area contributed by atoms with Crippen LogP contribution in [0.2, 0.25) is 0 Å². The molecular formula is C16H15N5O3S. The minimum absolute atomic E-state index is 0.0365. The van der Waals surface area contributed by atoms with Crippen molar-refractivity contribution in [2.24, 2.45) is 0 Å². The Balaban J connectivity index is 1.69. The number of hydrogen-bond acceptors (Lipinski definition) is 6. The van der Waals surface area contributed by atoms with Crippen molar-refractivity contribution < 1.29 is 9.59 Å². The molecule has 0 aliphatic heterocycles. The minimum Gasteiger partial charge on any atom is -0.339 e. The van der Waals surface area contributed by atoms with Crippen LogP contribution < -0.4 is 10.9 Å². The molecule has 2 aromatic heterocycles. The highest BCUT2D eigenvalue weighted by atomic mass is 32.2. The van der Waals surface area contributed by atoms with E-state index in [0.29, 0.717) is 27.6 Å². The largest absolute Gasteiger partial charge is 0.339 e. The number of fused-ring (bicyclic) bond motifs is 1. The lowest BCUT2D eigenvalue weighted by Crippen LogP contribution is -2.23. The Morgan fingerprint density at radius 2 is 1.96 bits per heavy atom. The number of Topliss-reactive ketones (excluding diaryl/α,β-unsaturated/α-hetero) is 1. The predicted molar refractivity (Wildman–Crippen MR) is 94.9 cm³/mol. The maximum Gasteiger partial charge on any atom is 0.277 e. The number of aromatic amines is 2. The lowest BCUT2D eigenvalue weighted by atomic mass is 10.1. The van der Waals surface area contributed by atoms with Crippen LogP contribution in [0.25, 0.3) is 11.2 Å². The Kier molecular flexibility index (Phi) is 4.66. The molecule has 2 heterocycles. The molecular weight excluding hydrogens is 342 g/mol. The third kappa shape index (κ3) is 3.77. The number of thioether (sulfide) groups is 1. The van der Waals surface area contributed by atoms with Gasteiger partial charge in [0.25, 0.3) is 5.56 Å². The number of imidazole rings is 1. The lowest BCUT2D eigenvalue weighted by Gasteiger charge is -2.11. The molecule has 1 atom stereocenters. The predicted octanol–water partition coefficient (Wildman–Crippen LogP) is 1.97. The number of carbonyl (C=O) groups is 2. The number of nitrogens with zero attached hydrogens (tertiary/aromatic N) is 2. The molecule has 0 spiro atoms. The first-order valence-corrected chi connectivity index (χ1v) is 8.34. The zero-order valence-corrected chi connectivity index (χ0v) is 14.3. The van der Waals surface area contributed by atoms with Crippen LogP contribution in [0.1, 0.15) is 24.2 Å². The molecule has 0 saturated heterocycles. The Morgan fingerprint density at radius 1 is 1.24 bits per heavy atom. The highest BCUT2D eigenvalue weighted by Gasteiger charge is 2.17. The van der Waals surface area contributed by atoms with Gasteiger partial charge in [-0.3, -0.25) is 19.4 Å². The van der Waals surface area contributed by atoms with Crippen molar-refractivity contribution in [2.75, 3.05) is 5.32 Å². The van der Waals surface area contributed by atoms with Crippen LogP contribution in [0.4, 0.5) is 5.69 Å².